The van der Waals surface area contributed by atoms with Gasteiger partial charge in [-0.05, 0) is 31.0 Å². The number of aromatic nitrogens is 2. The minimum atomic E-state index is 0.503. The summed E-state index contributed by atoms with van der Waals surface area (Å²) >= 11 is 18.3. The molecular formula is C15H17Cl3N2. The predicted molar refractivity (Wildman–Crippen MR) is 86.4 cm³/mol. The molecule has 0 N–H and O–H groups in total. The zero-order valence-corrected chi connectivity index (χ0v) is 13.6. The van der Waals surface area contributed by atoms with Crippen LogP contribution in [0.4, 0.5) is 0 Å². The molecule has 2 aromatic rings. The van der Waals surface area contributed by atoms with Crippen molar-refractivity contribution < 1.29 is 0 Å². The zero-order valence-electron chi connectivity index (χ0n) is 11.4. The Hall–Kier alpha value is -0.700. The van der Waals surface area contributed by atoms with Crippen LogP contribution in [0.25, 0.3) is 5.69 Å². The van der Waals surface area contributed by atoms with Crippen LogP contribution in [0.1, 0.15) is 38.3 Å². The van der Waals surface area contributed by atoms with Crippen molar-refractivity contribution in [3.8, 4) is 5.69 Å². The molecule has 1 aromatic heterocycles. The first kappa shape index (κ1) is 15.7. The van der Waals surface area contributed by atoms with Crippen LogP contribution in [0.2, 0.25) is 15.1 Å². The Bertz CT molecular complexity index is 555. The molecule has 5 heteroatoms. The van der Waals surface area contributed by atoms with Gasteiger partial charge in [0.2, 0.25) is 0 Å². The molecule has 2 nitrogen and oxygen atoms in total. The smallest absolute Gasteiger partial charge is 0.102 e. The molecule has 0 spiro atoms. The van der Waals surface area contributed by atoms with Gasteiger partial charge in [-0.2, -0.15) is 5.10 Å². The molecule has 0 unspecified atom stereocenters. The third-order valence-electron chi connectivity index (χ3n) is 3.14. The molecule has 0 atom stereocenters. The van der Waals surface area contributed by atoms with E-state index in [0.717, 1.165) is 18.5 Å². The highest BCUT2D eigenvalue weighted by Gasteiger charge is 2.11. The summed E-state index contributed by atoms with van der Waals surface area (Å²) in [4.78, 5) is 0. The second kappa shape index (κ2) is 7.35. The summed E-state index contributed by atoms with van der Waals surface area (Å²) in [6, 6.07) is 5.35. The summed E-state index contributed by atoms with van der Waals surface area (Å²) in [7, 11) is 0. The fourth-order valence-corrected chi connectivity index (χ4v) is 3.10. The van der Waals surface area contributed by atoms with E-state index in [1.54, 1.807) is 16.8 Å². The van der Waals surface area contributed by atoms with Crippen molar-refractivity contribution >= 4 is 34.8 Å². The number of hydrogen-bond acceptors (Lipinski definition) is 1. The third kappa shape index (κ3) is 3.91. The van der Waals surface area contributed by atoms with Crippen molar-refractivity contribution in [3.05, 3.63) is 45.2 Å². The van der Waals surface area contributed by atoms with E-state index in [2.05, 4.69) is 12.0 Å². The van der Waals surface area contributed by atoms with Gasteiger partial charge in [-0.15, -0.1) is 0 Å². The lowest BCUT2D eigenvalue weighted by atomic mass is 10.1. The number of unbranched alkanes of at least 4 members (excludes halogenated alkanes) is 3. The number of aryl methyl sites for hydroxylation is 1. The van der Waals surface area contributed by atoms with Crippen LogP contribution < -0.4 is 0 Å². The first-order chi connectivity index (χ1) is 9.61. The molecule has 0 saturated heterocycles. The zero-order chi connectivity index (χ0) is 14.5. The van der Waals surface area contributed by atoms with Crippen molar-refractivity contribution in [3.63, 3.8) is 0 Å². The van der Waals surface area contributed by atoms with Gasteiger partial charge in [-0.25, -0.2) is 4.68 Å². The maximum atomic E-state index is 6.19. The Balaban J connectivity index is 2.13. The summed E-state index contributed by atoms with van der Waals surface area (Å²) in [5, 5.41) is 6.06. The number of rotatable bonds is 6. The molecule has 0 aliphatic rings. The van der Waals surface area contributed by atoms with Gasteiger partial charge in [-0.3, -0.25) is 0 Å². The van der Waals surface area contributed by atoms with Crippen molar-refractivity contribution in [2.24, 2.45) is 0 Å². The van der Waals surface area contributed by atoms with E-state index in [9.17, 15) is 0 Å². The van der Waals surface area contributed by atoms with Crippen LogP contribution in [0.5, 0.6) is 0 Å². The third-order valence-corrected chi connectivity index (χ3v) is 3.94. The number of halogens is 3. The molecule has 0 radical (unpaired) electrons. The fourth-order valence-electron chi connectivity index (χ4n) is 2.11. The van der Waals surface area contributed by atoms with Crippen LogP contribution >= 0.6 is 34.8 Å². The van der Waals surface area contributed by atoms with Gasteiger partial charge < -0.3 is 0 Å². The first-order valence-electron chi connectivity index (χ1n) is 6.81. The maximum Gasteiger partial charge on any atom is 0.102 e. The summed E-state index contributed by atoms with van der Waals surface area (Å²) < 4.78 is 1.72. The SMILES string of the molecule is CCCCCCc1ccn(-c2c(Cl)cc(Cl)cc2Cl)n1. The van der Waals surface area contributed by atoms with Gasteiger partial charge in [-0.1, -0.05) is 61.0 Å². The number of benzene rings is 1. The molecule has 0 fully saturated rings. The normalized spacial score (nSPS) is 11.0. The van der Waals surface area contributed by atoms with E-state index >= 15 is 0 Å². The molecule has 108 valence electrons. The molecule has 1 heterocycles. The minimum absolute atomic E-state index is 0.503. The van der Waals surface area contributed by atoms with Crippen LogP contribution in [0, 0.1) is 0 Å². The van der Waals surface area contributed by atoms with Crippen molar-refractivity contribution in [2.75, 3.05) is 0 Å². The van der Waals surface area contributed by atoms with E-state index in [-0.39, 0.29) is 0 Å². The lowest BCUT2D eigenvalue weighted by molar-refractivity contribution is 0.656. The van der Waals surface area contributed by atoms with Crippen molar-refractivity contribution in [2.45, 2.75) is 39.0 Å². The second-order valence-corrected chi connectivity index (χ2v) is 6.03. The Kier molecular flexibility index (Phi) is 5.76. The topological polar surface area (TPSA) is 17.8 Å². The van der Waals surface area contributed by atoms with E-state index in [1.807, 2.05) is 12.3 Å². The van der Waals surface area contributed by atoms with Gasteiger partial charge in [0.05, 0.1) is 15.7 Å². The predicted octanol–water partition coefficient (Wildman–Crippen LogP) is 5.96. The van der Waals surface area contributed by atoms with Gasteiger partial charge >= 0.3 is 0 Å². The fraction of sp³-hybridized carbons (Fsp3) is 0.400. The highest BCUT2D eigenvalue weighted by Crippen LogP contribution is 2.31. The van der Waals surface area contributed by atoms with Crippen LogP contribution in [-0.4, -0.2) is 9.78 Å². The molecule has 0 aliphatic heterocycles. The lowest BCUT2D eigenvalue weighted by Gasteiger charge is -2.07. The van der Waals surface area contributed by atoms with Crippen LogP contribution in [0.15, 0.2) is 24.4 Å². The van der Waals surface area contributed by atoms with E-state index < -0.39 is 0 Å². The molecule has 20 heavy (non-hydrogen) atoms. The number of nitrogens with zero attached hydrogens (tertiary/aromatic N) is 2. The quantitative estimate of drug-likeness (QED) is 0.597. The van der Waals surface area contributed by atoms with Crippen LogP contribution in [-0.2, 0) is 6.42 Å². The molecule has 0 aliphatic carbocycles. The maximum absolute atomic E-state index is 6.19. The van der Waals surface area contributed by atoms with Crippen LogP contribution in [0.3, 0.4) is 0 Å². The highest BCUT2D eigenvalue weighted by molar-refractivity contribution is 6.40. The first-order valence-corrected chi connectivity index (χ1v) is 7.94. The molecule has 2 rings (SSSR count). The van der Waals surface area contributed by atoms with Gasteiger partial charge in [0.1, 0.15) is 5.69 Å². The van der Waals surface area contributed by atoms with Crippen molar-refractivity contribution in [1.82, 2.24) is 9.78 Å². The minimum Gasteiger partial charge on any atom is -0.238 e. The molecular weight excluding hydrogens is 315 g/mol. The standard InChI is InChI=1S/C15H17Cl3N2/c1-2-3-4-5-6-12-7-8-20(19-12)15-13(17)9-11(16)10-14(15)18/h7-10H,2-6H2,1H3. The summed E-state index contributed by atoms with van der Waals surface area (Å²) in [6.45, 7) is 2.21. The molecule has 0 saturated carbocycles. The average molecular weight is 332 g/mol. The van der Waals surface area contributed by atoms with Gasteiger partial charge in [0.25, 0.3) is 0 Å². The Morgan fingerprint density at radius 1 is 1.05 bits per heavy atom. The summed E-state index contributed by atoms with van der Waals surface area (Å²) in [6.07, 6.45) is 7.78. The monoisotopic (exact) mass is 330 g/mol. The average Bonchev–Trinajstić information content (AvgIpc) is 2.82. The summed E-state index contributed by atoms with van der Waals surface area (Å²) in [5.41, 5.74) is 1.74. The van der Waals surface area contributed by atoms with E-state index in [4.69, 9.17) is 34.8 Å². The molecule has 0 amide bonds. The lowest BCUT2D eigenvalue weighted by Crippen LogP contribution is -1.98. The summed E-state index contributed by atoms with van der Waals surface area (Å²) in [5.74, 6) is 0. The Morgan fingerprint density at radius 2 is 1.75 bits per heavy atom. The largest absolute Gasteiger partial charge is 0.238 e. The Labute approximate surface area is 134 Å². The molecule has 0 bridgehead atoms. The molecule has 1 aromatic carbocycles. The van der Waals surface area contributed by atoms with E-state index in [0.29, 0.717) is 20.8 Å². The number of hydrogen-bond donors (Lipinski definition) is 0. The van der Waals surface area contributed by atoms with Gasteiger partial charge in [0.15, 0.2) is 0 Å². The second-order valence-electron chi connectivity index (χ2n) is 4.78. The van der Waals surface area contributed by atoms with Crippen molar-refractivity contribution in [1.29, 1.82) is 0 Å². The van der Waals surface area contributed by atoms with E-state index in [1.165, 1.54) is 19.3 Å². The highest BCUT2D eigenvalue weighted by atomic mass is 35.5. The Morgan fingerprint density at radius 3 is 2.40 bits per heavy atom. The van der Waals surface area contributed by atoms with Gasteiger partial charge in [0, 0.05) is 11.2 Å².